The number of benzene rings is 2. The lowest BCUT2D eigenvalue weighted by molar-refractivity contribution is 0.687. The van der Waals surface area contributed by atoms with E-state index >= 15 is 0 Å². The van der Waals surface area contributed by atoms with Gasteiger partial charge in [0.2, 0.25) is 0 Å². The van der Waals surface area contributed by atoms with Crippen LogP contribution in [0.3, 0.4) is 0 Å². The molecule has 0 aliphatic rings. The monoisotopic (exact) mass is 392 g/mol. The molecule has 0 fully saturated rings. The van der Waals surface area contributed by atoms with Crippen molar-refractivity contribution in [2.45, 2.75) is 6.54 Å². The Morgan fingerprint density at radius 3 is 2.67 bits per heavy atom. The molecule has 2 aromatic carbocycles. The molecule has 144 valence electrons. The number of hydrogen-bond acceptors (Lipinski definition) is 5. The summed E-state index contributed by atoms with van der Waals surface area (Å²) in [5.41, 5.74) is 4.52. The number of fused-ring (bicyclic) bond motifs is 3. The Morgan fingerprint density at radius 2 is 1.80 bits per heavy atom. The average Bonchev–Trinajstić information content (AvgIpc) is 3.53. The zero-order valence-corrected chi connectivity index (χ0v) is 15.9. The van der Waals surface area contributed by atoms with Gasteiger partial charge < -0.3 is 0 Å². The minimum atomic E-state index is 0.652. The molecular formula is C22H16N8. The van der Waals surface area contributed by atoms with Crippen molar-refractivity contribution in [2.75, 3.05) is 0 Å². The Balaban J connectivity index is 1.43. The normalized spacial score (nSPS) is 11.5. The fourth-order valence-corrected chi connectivity index (χ4v) is 3.59. The van der Waals surface area contributed by atoms with Crippen molar-refractivity contribution in [2.24, 2.45) is 0 Å². The molecule has 4 aromatic heterocycles. The van der Waals surface area contributed by atoms with E-state index in [1.807, 2.05) is 64.1 Å². The Morgan fingerprint density at radius 1 is 0.867 bits per heavy atom. The molecule has 0 N–H and O–H groups in total. The molecule has 8 nitrogen and oxygen atoms in total. The summed E-state index contributed by atoms with van der Waals surface area (Å²) in [6.45, 7) is 0.698. The van der Waals surface area contributed by atoms with E-state index in [9.17, 15) is 0 Å². The molecule has 0 amide bonds. The SMILES string of the molecule is c1ccc(-n2ncc3c2ncn2nc(-c4cccc(Cn5cccn5)c4)nc32)cc1. The molecule has 0 aliphatic carbocycles. The van der Waals surface area contributed by atoms with E-state index < -0.39 is 0 Å². The van der Waals surface area contributed by atoms with Gasteiger partial charge in [-0.3, -0.25) is 4.68 Å². The van der Waals surface area contributed by atoms with Gasteiger partial charge in [-0.25, -0.2) is 19.2 Å². The Kier molecular flexibility index (Phi) is 3.67. The van der Waals surface area contributed by atoms with Crippen LogP contribution < -0.4 is 0 Å². The lowest BCUT2D eigenvalue weighted by Gasteiger charge is -2.03. The summed E-state index contributed by atoms with van der Waals surface area (Å²) in [6, 6.07) is 20.0. The summed E-state index contributed by atoms with van der Waals surface area (Å²) < 4.78 is 5.41. The van der Waals surface area contributed by atoms with Gasteiger partial charge in [-0.2, -0.15) is 10.2 Å². The predicted molar refractivity (Wildman–Crippen MR) is 112 cm³/mol. The van der Waals surface area contributed by atoms with Gasteiger partial charge in [0.15, 0.2) is 17.1 Å². The summed E-state index contributed by atoms with van der Waals surface area (Å²) in [6.07, 6.45) is 7.20. The van der Waals surface area contributed by atoms with Crippen molar-refractivity contribution in [3.05, 3.63) is 91.1 Å². The highest BCUT2D eigenvalue weighted by molar-refractivity contribution is 5.89. The molecule has 0 atom stereocenters. The van der Waals surface area contributed by atoms with Gasteiger partial charge >= 0.3 is 0 Å². The summed E-state index contributed by atoms with van der Waals surface area (Å²) >= 11 is 0. The van der Waals surface area contributed by atoms with Crippen molar-refractivity contribution < 1.29 is 0 Å². The Hall–Kier alpha value is -4.33. The van der Waals surface area contributed by atoms with E-state index in [2.05, 4.69) is 32.4 Å². The van der Waals surface area contributed by atoms with Crippen LogP contribution in [0.5, 0.6) is 0 Å². The van der Waals surface area contributed by atoms with Crippen LogP contribution in [-0.4, -0.2) is 39.1 Å². The summed E-state index contributed by atoms with van der Waals surface area (Å²) in [5, 5.41) is 14.3. The first-order chi connectivity index (χ1) is 14.8. The third-order valence-corrected chi connectivity index (χ3v) is 5.00. The highest BCUT2D eigenvalue weighted by Gasteiger charge is 2.14. The van der Waals surface area contributed by atoms with Crippen molar-refractivity contribution in [1.82, 2.24) is 39.1 Å². The number of para-hydroxylation sites is 1. The second kappa shape index (κ2) is 6.63. The van der Waals surface area contributed by atoms with Gasteiger partial charge in [-0.05, 0) is 29.8 Å². The predicted octanol–water partition coefficient (Wildman–Crippen LogP) is 3.38. The molecule has 0 aliphatic heterocycles. The first-order valence-electron chi connectivity index (χ1n) is 9.56. The van der Waals surface area contributed by atoms with Crippen LogP contribution in [0.2, 0.25) is 0 Å². The fourth-order valence-electron chi connectivity index (χ4n) is 3.59. The second-order valence-electron chi connectivity index (χ2n) is 6.98. The van der Waals surface area contributed by atoms with E-state index in [4.69, 9.17) is 4.98 Å². The van der Waals surface area contributed by atoms with E-state index in [1.165, 1.54) is 0 Å². The molecule has 30 heavy (non-hydrogen) atoms. The van der Waals surface area contributed by atoms with Gasteiger partial charge in [-0.1, -0.05) is 36.4 Å². The van der Waals surface area contributed by atoms with Gasteiger partial charge in [0, 0.05) is 18.0 Å². The number of aromatic nitrogens is 8. The topological polar surface area (TPSA) is 78.7 Å². The van der Waals surface area contributed by atoms with E-state index in [-0.39, 0.29) is 0 Å². The van der Waals surface area contributed by atoms with Gasteiger partial charge in [0.05, 0.1) is 23.8 Å². The minimum Gasteiger partial charge on any atom is -0.268 e. The molecule has 4 heterocycles. The highest BCUT2D eigenvalue weighted by Crippen LogP contribution is 2.23. The molecule has 0 saturated heterocycles. The van der Waals surface area contributed by atoms with E-state index in [1.54, 1.807) is 23.2 Å². The average molecular weight is 392 g/mol. The van der Waals surface area contributed by atoms with Gasteiger partial charge in [0.25, 0.3) is 0 Å². The maximum absolute atomic E-state index is 4.79. The maximum Gasteiger partial charge on any atom is 0.182 e. The van der Waals surface area contributed by atoms with Crippen LogP contribution in [0, 0.1) is 0 Å². The molecule has 6 aromatic rings. The molecular weight excluding hydrogens is 376 g/mol. The Bertz CT molecular complexity index is 1460. The first kappa shape index (κ1) is 16.6. The lowest BCUT2D eigenvalue weighted by Crippen LogP contribution is -1.99. The molecule has 0 spiro atoms. The summed E-state index contributed by atoms with van der Waals surface area (Å²) in [4.78, 5) is 9.36. The first-order valence-corrected chi connectivity index (χ1v) is 9.56. The van der Waals surface area contributed by atoms with Crippen molar-refractivity contribution in [3.8, 4) is 17.1 Å². The fraction of sp³-hybridized carbons (Fsp3) is 0.0455. The minimum absolute atomic E-state index is 0.652. The van der Waals surface area contributed by atoms with Crippen LogP contribution in [-0.2, 0) is 6.54 Å². The van der Waals surface area contributed by atoms with Crippen LogP contribution >= 0.6 is 0 Å². The maximum atomic E-state index is 4.79. The molecule has 8 heteroatoms. The Labute approximate surface area is 171 Å². The summed E-state index contributed by atoms with van der Waals surface area (Å²) in [7, 11) is 0. The summed E-state index contributed by atoms with van der Waals surface area (Å²) in [5.74, 6) is 0.652. The molecule has 6 rings (SSSR count). The molecule has 0 radical (unpaired) electrons. The van der Waals surface area contributed by atoms with Crippen LogP contribution in [0.1, 0.15) is 5.56 Å². The van der Waals surface area contributed by atoms with Crippen LogP contribution in [0.15, 0.2) is 85.6 Å². The van der Waals surface area contributed by atoms with Crippen LogP contribution in [0.25, 0.3) is 33.8 Å². The number of hydrogen-bond donors (Lipinski definition) is 0. The van der Waals surface area contributed by atoms with Crippen LogP contribution in [0.4, 0.5) is 0 Å². The third-order valence-electron chi connectivity index (χ3n) is 5.00. The molecule has 0 saturated carbocycles. The zero-order valence-electron chi connectivity index (χ0n) is 15.9. The zero-order chi connectivity index (χ0) is 19.9. The quantitative estimate of drug-likeness (QED) is 0.460. The number of nitrogens with zero attached hydrogens (tertiary/aromatic N) is 8. The highest BCUT2D eigenvalue weighted by atomic mass is 15.3. The van der Waals surface area contributed by atoms with E-state index in [0.717, 1.165) is 33.5 Å². The van der Waals surface area contributed by atoms with Crippen molar-refractivity contribution >= 4 is 16.7 Å². The van der Waals surface area contributed by atoms with E-state index in [0.29, 0.717) is 12.4 Å². The third kappa shape index (κ3) is 2.74. The van der Waals surface area contributed by atoms with Crippen molar-refractivity contribution in [3.63, 3.8) is 0 Å². The van der Waals surface area contributed by atoms with Crippen molar-refractivity contribution in [1.29, 1.82) is 0 Å². The largest absolute Gasteiger partial charge is 0.268 e. The smallest absolute Gasteiger partial charge is 0.182 e. The standard InChI is InChI=1S/C22H16N8/c1-2-8-18(9-3-1)30-21-19(13-25-30)22-26-20(27-29(22)15-23-21)17-7-4-6-16(12-17)14-28-11-5-10-24-28/h1-13,15H,14H2. The number of rotatable bonds is 4. The van der Waals surface area contributed by atoms with Gasteiger partial charge in [-0.15, -0.1) is 5.10 Å². The molecule has 0 bridgehead atoms. The lowest BCUT2D eigenvalue weighted by atomic mass is 10.1. The van der Waals surface area contributed by atoms with Gasteiger partial charge in [0.1, 0.15) is 6.33 Å². The second-order valence-corrected chi connectivity index (χ2v) is 6.98. The molecule has 0 unspecified atom stereocenters.